The van der Waals surface area contributed by atoms with E-state index in [2.05, 4.69) is 60.7 Å². The van der Waals surface area contributed by atoms with Crippen LogP contribution in [0.4, 0.5) is 0 Å². The molecule has 0 atom stereocenters. The van der Waals surface area contributed by atoms with Crippen LogP contribution in [-0.4, -0.2) is 30.1 Å². The molecule has 0 fully saturated rings. The molecule has 0 aliphatic carbocycles. The first-order valence-electron chi connectivity index (χ1n) is 15.3. The summed E-state index contributed by atoms with van der Waals surface area (Å²) in [6, 6.07) is 47.1. The predicted molar refractivity (Wildman–Crippen MR) is 191 cm³/mol. The van der Waals surface area contributed by atoms with Crippen LogP contribution in [0.1, 0.15) is 0 Å². The van der Waals surface area contributed by atoms with E-state index >= 15 is 0 Å². The summed E-state index contributed by atoms with van der Waals surface area (Å²) < 4.78 is 2.26. The van der Waals surface area contributed by atoms with E-state index in [4.69, 9.17) is 30.1 Å². The average molecular weight is 621 g/mol. The van der Waals surface area contributed by atoms with Crippen molar-refractivity contribution in [3.63, 3.8) is 0 Å². The van der Waals surface area contributed by atoms with Crippen molar-refractivity contribution in [2.75, 3.05) is 0 Å². The molecule has 5 aromatic carbocycles. The van der Waals surface area contributed by atoms with Gasteiger partial charge in [-0.15, -0.1) is 21.5 Å². The zero-order valence-electron chi connectivity index (χ0n) is 24.9. The molecule has 0 saturated carbocycles. The number of pyridine rings is 1. The molecule has 0 aliphatic heterocycles. The lowest BCUT2D eigenvalue weighted by Crippen LogP contribution is -2.00. The molecular formula is C40H24N6S. The molecule has 9 rings (SSSR count). The molecule has 0 radical (unpaired) electrons. The van der Waals surface area contributed by atoms with Crippen molar-refractivity contribution in [1.29, 1.82) is 0 Å². The highest BCUT2D eigenvalue weighted by Gasteiger charge is 2.20. The Labute approximate surface area is 274 Å². The smallest absolute Gasteiger partial charge is 0.164 e. The van der Waals surface area contributed by atoms with E-state index in [-0.39, 0.29) is 0 Å². The zero-order valence-corrected chi connectivity index (χ0v) is 25.8. The van der Waals surface area contributed by atoms with Crippen molar-refractivity contribution in [3.05, 3.63) is 146 Å². The average Bonchev–Trinajstić information content (AvgIpc) is 3.55. The van der Waals surface area contributed by atoms with E-state index in [1.807, 2.05) is 85.1 Å². The Balaban J connectivity index is 1.18. The lowest BCUT2D eigenvalue weighted by molar-refractivity contribution is 1.06. The monoisotopic (exact) mass is 620 g/mol. The maximum Gasteiger partial charge on any atom is 0.164 e. The van der Waals surface area contributed by atoms with Gasteiger partial charge in [0.15, 0.2) is 17.5 Å². The number of benzene rings is 5. The summed E-state index contributed by atoms with van der Waals surface area (Å²) >= 11 is 1.73. The summed E-state index contributed by atoms with van der Waals surface area (Å²) in [7, 11) is 0. The lowest BCUT2D eigenvalue weighted by atomic mass is 10.0. The summed E-state index contributed by atoms with van der Waals surface area (Å²) in [5.74, 6) is 1.88. The van der Waals surface area contributed by atoms with Crippen LogP contribution in [0.5, 0.6) is 0 Å². The van der Waals surface area contributed by atoms with Crippen molar-refractivity contribution in [1.82, 2.24) is 30.1 Å². The second-order valence-electron chi connectivity index (χ2n) is 11.2. The minimum Gasteiger partial charge on any atom is -0.254 e. The van der Waals surface area contributed by atoms with E-state index in [0.717, 1.165) is 65.6 Å². The van der Waals surface area contributed by atoms with Crippen LogP contribution in [0, 0.1) is 0 Å². The topological polar surface area (TPSA) is 77.3 Å². The van der Waals surface area contributed by atoms with E-state index < -0.39 is 0 Å². The third-order valence-corrected chi connectivity index (χ3v) is 9.49. The molecule has 0 amide bonds. The molecule has 0 unspecified atom stereocenters. The van der Waals surface area contributed by atoms with Crippen LogP contribution < -0.4 is 0 Å². The van der Waals surface area contributed by atoms with Crippen LogP contribution in [-0.2, 0) is 0 Å². The highest BCUT2D eigenvalue weighted by molar-refractivity contribution is 7.26. The van der Waals surface area contributed by atoms with Crippen molar-refractivity contribution in [2.24, 2.45) is 0 Å². The molecule has 6 nitrogen and oxygen atoms in total. The minimum atomic E-state index is 0.611. The van der Waals surface area contributed by atoms with Crippen molar-refractivity contribution in [3.8, 4) is 56.8 Å². The first kappa shape index (κ1) is 27.2. The molecule has 9 aromatic rings. The third kappa shape index (κ3) is 4.81. The fraction of sp³-hybridized carbons (Fsp3) is 0. The number of nitrogens with zero attached hydrogens (tertiary/aromatic N) is 6. The highest BCUT2D eigenvalue weighted by Crippen LogP contribution is 2.43. The first-order valence-corrected chi connectivity index (χ1v) is 16.1. The Hall–Kier alpha value is -6.18. The fourth-order valence-electron chi connectivity index (χ4n) is 6.02. The lowest BCUT2D eigenvalue weighted by Gasteiger charge is -2.10. The van der Waals surface area contributed by atoms with E-state index in [9.17, 15) is 0 Å². The van der Waals surface area contributed by atoms with Crippen LogP contribution in [0.15, 0.2) is 146 Å². The number of hydrogen-bond acceptors (Lipinski definition) is 7. The van der Waals surface area contributed by atoms with Crippen LogP contribution in [0.2, 0.25) is 0 Å². The molecule has 47 heavy (non-hydrogen) atoms. The Morgan fingerprint density at radius 2 is 0.936 bits per heavy atom. The number of thiophene rings is 1. The summed E-state index contributed by atoms with van der Waals surface area (Å²) in [5, 5.41) is 14.1. The normalized spacial score (nSPS) is 11.4. The van der Waals surface area contributed by atoms with Crippen molar-refractivity contribution >= 4 is 42.3 Å². The molecule has 7 heteroatoms. The maximum atomic E-state index is 4.90. The second-order valence-corrected chi connectivity index (χ2v) is 12.2. The maximum absolute atomic E-state index is 4.90. The predicted octanol–water partition coefficient (Wildman–Crippen LogP) is 9.91. The largest absolute Gasteiger partial charge is 0.254 e. The summed E-state index contributed by atoms with van der Waals surface area (Å²) in [5.41, 5.74) is 6.20. The van der Waals surface area contributed by atoms with Gasteiger partial charge in [0.2, 0.25) is 0 Å². The van der Waals surface area contributed by atoms with Crippen molar-refractivity contribution < 1.29 is 0 Å². The quantitative estimate of drug-likeness (QED) is 0.191. The minimum absolute atomic E-state index is 0.611. The Morgan fingerprint density at radius 1 is 0.404 bits per heavy atom. The molecule has 4 aromatic heterocycles. The SMILES string of the molecule is c1ccc(-c2nc(-c3ccccc3)nc(-c3ccc(-c4nnc(-c5nccc6ccccc56)c5c4sc4ccccc45)cc3)n2)cc1. The van der Waals surface area contributed by atoms with Gasteiger partial charge in [0, 0.05) is 49.3 Å². The van der Waals surface area contributed by atoms with Crippen LogP contribution in [0.25, 0.3) is 87.8 Å². The van der Waals surface area contributed by atoms with Crippen molar-refractivity contribution in [2.45, 2.75) is 0 Å². The Morgan fingerprint density at radius 3 is 1.62 bits per heavy atom. The van der Waals surface area contributed by atoms with E-state index in [0.29, 0.717) is 17.5 Å². The molecule has 0 spiro atoms. The van der Waals surface area contributed by atoms with Crippen LogP contribution >= 0.6 is 11.3 Å². The first-order chi connectivity index (χ1) is 23.3. The van der Waals surface area contributed by atoms with Gasteiger partial charge >= 0.3 is 0 Å². The van der Waals surface area contributed by atoms with E-state index in [1.54, 1.807) is 11.3 Å². The van der Waals surface area contributed by atoms with Gasteiger partial charge in [-0.25, -0.2) is 15.0 Å². The van der Waals surface area contributed by atoms with E-state index in [1.165, 1.54) is 4.70 Å². The molecule has 220 valence electrons. The zero-order chi connectivity index (χ0) is 31.2. The van der Waals surface area contributed by atoms with Gasteiger partial charge in [0.1, 0.15) is 11.4 Å². The van der Waals surface area contributed by atoms with Gasteiger partial charge in [-0.2, -0.15) is 0 Å². The molecule has 4 heterocycles. The molecule has 0 aliphatic rings. The number of rotatable bonds is 5. The van der Waals surface area contributed by atoms with Gasteiger partial charge in [-0.1, -0.05) is 127 Å². The van der Waals surface area contributed by atoms with Gasteiger partial charge < -0.3 is 0 Å². The summed E-state index contributed by atoms with van der Waals surface area (Å²) in [6.07, 6.45) is 1.85. The van der Waals surface area contributed by atoms with Gasteiger partial charge in [0.25, 0.3) is 0 Å². The van der Waals surface area contributed by atoms with Crippen LogP contribution in [0.3, 0.4) is 0 Å². The number of hydrogen-bond donors (Lipinski definition) is 0. The third-order valence-electron chi connectivity index (χ3n) is 8.31. The second kappa shape index (κ2) is 11.3. The van der Waals surface area contributed by atoms with Gasteiger partial charge in [0.05, 0.1) is 10.4 Å². The molecule has 0 N–H and O–H groups in total. The number of aromatic nitrogens is 6. The highest BCUT2D eigenvalue weighted by atomic mass is 32.1. The standard InChI is InChI=1S/C40H24N6S/c1-3-12-27(13-4-1)38-42-39(28-14-5-2-6-15-28)44-40(43-38)29-21-19-26(20-22-29)34-37-33(31-17-9-10-18-32(31)47-37)36(46-45-34)35-30-16-8-7-11-25(30)23-24-41-35/h1-24H. The summed E-state index contributed by atoms with van der Waals surface area (Å²) in [6.45, 7) is 0. The van der Waals surface area contributed by atoms with Gasteiger partial charge in [-0.05, 0) is 17.5 Å². The number of fused-ring (bicyclic) bond motifs is 4. The fourth-order valence-corrected chi connectivity index (χ4v) is 7.23. The van der Waals surface area contributed by atoms with Gasteiger partial charge in [-0.3, -0.25) is 4.98 Å². The molecule has 0 bridgehead atoms. The Bertz CT molecular complexity index is 2500. The molecule has 0 saturated heterocycles. The summed E-state index contributed by atoms with van der Waals surface area (Å²) in [4.78, 5) is 19.4. The Kier molecular flexibility index (Phi) is 6.54. The molecular weight excluding hydrogens is 597 g/mol.